The molecule has 0 amide bonds. The zero-order valence-electron chi connectivity index (χ0n) is 8.05. The molecule has 0 aliphatic rings. The van der Waals surface area contributed by atoms with Crippen molar-refractivity contribution in [2.75, 3.05) is 6.26 Å². The lowest BCUT2D eigenvalue weighted by Crippen LogP contribution is -2.13. The standard InChI is InChI=1S/C8H16N2S2/c1-6(2)5-7(3)9-10-8(11)12-4/h6H,5H2,1-4H3,(H,10,11). The van der Waals surface area contributed by atoms with Gasteiger partial charge in [0.15, 0.2) is 4.32 Å². The van der Waals surface area contributed by atoms with Crippen LogP contribution in [0.3, 0.4) is 0 Å². The highest BCUT2D eigenvalue weighted by atomic mass is 32.2. The molecule has 0 aliphatic heterocycles. The minimum absolute atomic E-state index is 0.651. The number of hydrazone groups is 1. The second-order valence-corrected chi connectivity index (χ2v) is 4.53. The van der Waals surface area contributed by atoms with Crippen LogP contribution < -0.4 is 5.43 Å². The number of hydrogen-bond donors (Lipinski definition) is 1. The molecule has 0 spiro atoms. The molecule has 1 N–H and O–H groups in total. The Labute approximate surface area is 84.2 Å². The zero-order valence-corrected chi connectivity index (χ0v) is 9.68. The Morgan fingerprint density at radius 3 is 2.58 bits per heavy atom. The molecule has 0 aliphatic carbocycles. The minimum atomic E-state index is 0.651. The van der Waals surface area contributed by atoms with Crippen molar-refractivity contribution in [2.45, 2.75) is 27.2 Å². The van der Waals surface area contributed by atoms with E-state index in [1.165, 1.54) is 11.8 Å². The second-order valence-electron chi connectivity index (χ2n) is 3.05. The van der Waals surface area contributed by atoms with Gasteiger partial charge in [-0.3, -0.25) is 5.43 Å². The number of nitrogens with zero attached hydrogens (tertiary/aromatic N) is 1. The van der Waals surface area contributed by atoms with Gasteiger partial charge in [-0.05, 0) is 25.5 Å². The Morgan fingerprint density at radius 1 is 1.58 bits per heavy atom. The normalized spacial score (nSPS) is 11.9. The smallest absolute Gasteiger partial charge is 0.153 e. The monoisotopic (exact) mass is 204 g/mol. The summed E-state index contributed by atoms with van der Waals surface area (Å²) in [4.78, 5) is 0. The summed E-state index contributed by atoms with van der Waals surface area (Å²) in [6, 6.07) is 0. The van der Waals surface area contributed by atoms with Crippen molar-refractivity contribution in [3.05, 3.63) is 0 Å². The summed E-state index contributed by atoms with van der Waals surface area (Å²) < 4.78 is 0.720. The van der Waals surface area contributed by atoms with E-state index in [-0.39, 0.29) is 0 Å². The molecule has 0 atom stereocenters. The summed E-state index contributed by atoms with van der Waals surface area (Å²) in [6.45, 7) is 6.35. The zero-order chi connectivity index (χ0) is 9.56. The van der Waals surface area contributed by atoms with Gasteiger partial charge in [0.05, 0.1) is 0 Å². The van der Waals surface area contributed by atoms with Crippen molar-refractivity contribution >= 4 is 34.0 Å². The molecular weight excluding hydrogens is 188 g/mol. The van der Waals surface area contributed by atoms with Crippen LogP contribution in [0.5, 0.6) is 0 Å². The number of rotatable bonds is 3. The van der Waals surface area contributed by atoms with Crippen LogP contribution in [0.15, 0.2) is 5.10 Å². The third-order valence-electron chi connectivity index (χ3n) is 1.23. The average molecular weight is 204 g/mol. The Bertz CT molecular complexity index is 176. The fraction of sp³-hybridized carbons (Fsp3) is 0.750. The number of hydrogen-bond acceptors (Lipinski definition) is 3. The lowest BCUT2D eigenvalue weighted by atomic mass is 10.1. The highest BCUT2D eigenvalue weighted by Crippen LogP contribution is 2.01. The van der Waals surface area contributed by atoms with Crippen molar-refractivity contribution in [2.24, 2.45) is 11.0 Å². The molecule has 0 saturated heterocycles. The summed E-state index contributed by atoms with van der Waals surface area (Å²) in [5.74, 6) is 0.651. The third-order valence-corrected chi connectivity index (χ3v) is 2.28. The third kappa shape index (κ3) is 6.61. The predicted octanol–water partition coefficient (Wildman–Crippen LogP) is 2.65. The minimum Gasteiger partial charge on any atom is -0.262 e. The van der Waals surface area contributed by atoms with Crippen LogP contribution in [-0.4, -0.2) is 16.3 Å². The van der Waals surface area contributed by atoms with E-state index in [1.807, 2.05) is 13.2 Å². The molecule has 12 heavy (non-hydrogen) atoms. The van der Waals surface area contributed by atoms with E-state index in [2.05, 4.69) is 24.4 Å². The van der Waals surface area contributed by atoms with E-state index in [0.717, 1.165) is 16.5 Å². The Hall–Kier alpha value is -0.0900. The summed E-state index contributed by atoms with van der Waals surface area (Å²) in [5, 5.41) is 4.14. The largest absolute Gasteiger partial charge is 0.262 e. The molecule has 0 unspecified atom stereocenters. The lowest BCUT2D eigenvalue weighted by Gasteiger charge is -2.04. The summed E-state index contributed by atoms with van der Waals surface area (Å²) >= 11 is 6.43. The van der Waals surface area contributed by atoms with E-state index < -0.39 is 0 Å². The topological polar surface area (TPSA) is 24.4 Å². The van der Waals surface area contributed by atoms with Gasteiger partial charge in [0.25, 0.3) is 0 Å². The molecule has 0 radical (unpaired) electrons. The molecule has 4 heteroatoms. The van der Waals surface area contributed by atoms with Crippen LogP contribution >= 0.6 is 24.0 Å². The quantitative estimate of drug-likeness (QED) is 0.434. The molecule has 0 rings (SSSR count). The van der Waals surface area contributed by atoms with Crippen LogP contribution in [0.4, 0.5) is 0 Å². The van der Waals surface area contributed by atoms with Crippen LogP contribution in [0, 0.1) is 5.92 Å². The maximum absolute atomic E-state index is 4.93. The van der Waals surface area contributed by atoms with Gasteiger partial charge in [0.1, 0.15) is 0 Å². The van der Waals surface area contributed by atoms with Crippen LogP contribution in [0.2, 0.25) is 0 Å². The van der Waals surface area contributed by atoms with Gasteiger partial charge in [-0.25, -0.2) is 0 Å². The first kappa shape index (κ1) is 11.9. The fourth-order valence-corrected chi connectivity index (χ4v) is 1.01. The van der Waals surface area contributed by atoms with Crippen molar-refractivity contribution in [3.8, 4) is 0 Å². The number of thiocarbonyl (C=S) groups is 1. The summed E-state index contributed by atoms with van der Waals surface area (Å²) in [5.41, 5.74) is 3.92. The van der Waals surface area contributed by atoms with E-state index in [9.17, 15) is 0 Å². The van der Waals surface area contributed by atoms with E-state index >= 15 is 0 Å². The van der Waals surface area contributed by atoms with Gasteiger partial charge in [-0.15, -0.1) is 0 Å². The second kappa shape index (κ2) is 6.43. The van der Waals surface area contributed by atoms with Crippen molar-refractivity contribution < 1.29 is 0 Å². The first-order chi connectivity index (χ1) is 5.56. The van der Waals surface area contributed by atoms with Crippen molar-refractivity contribution in [3.63, 3.8) is 0 Å². The van der Waals surface area contributed by atoms with Gasteiger partial charge >= 0.3 is 0 Å². The van der Waals surface area contributed by atoms with Crippen LogP contribution in [0.1, 0.15) is 27.2 Å². The molecule has 0 fully saturated rings. The first-order valence-electron chi connectivity index (χ1n) is 3.93. The predicted molar refractivity (Wildman–Crippen MR) is 61.8 cm³/mol. The van der Waals surface area contributed by atoms with Crippen LogP contribution in [-0.2, 0) is 0 Å². The van der Waals surface area contributed by atoms with Gasteiger partial charge < -0.3 is 0 Å². The molecule has 70 valence electrons. The lowest BCUT2D eigenvalue weighted by molar-refractivity contribution is 0.679. The Kier molecular flexibility index (Phi) is 6.38. The average Bonchev–Trinajstić information content (AvgIpc) is 1.99. The summed E-state index contributed by atoms with van der Waals surface area (Å²) in [7, 11) is 0. The molecule has 0 aromatic rings. The summed E-state index contributed by atoms with van der Waals surface area (Å²) in [6.07, 6.45) is 2.95. The molecular formula is C8H16N2S2. The Balaban J connectivity index is 3.76. The van der Waals surface area contributed by atoms with E-state index in [0.29, 0.717) is 5.92 Å². The molecule has 0 saturated carbocycles. The molecule has 2 nitrogen and oxygen atoms in total. The van der Waals surface area contributed by atoms with Gasteiger partial charge in [0, 0.05) is 5.71 Å². The molecule has 0 aromatic carbocycles. The maximum Gasteiger partial charge on any atom is 0.153 e. The molecule has 0 bridgehead atoms. The molecule has 0 heterocycles. The fourth-order valence-electron chi connectivity index (χ4n) is 0.823. The van der Waals surface area contributed by atoms with Crippen molar-refractivity contribution in [1.82, 2.24) is 5.43 Å². The van der Waals surface area contributed by atoms with Gasteiger partial charge in [-0.2, -0.15) is 5.10 Å². The highest BCUT2D eigenvalue weighted by Gasteiger charge is 1.97. The number of nitrogens with one attached hydrogen (secondary N) is 1. The molecule has 0 aromatic heterocycles. The van der Waals surface area contributed by atoms with Gasteiger partial charge in [-0.1, -0.05) is 37.8 Å². The maximum atomic E-state index is 4.93. The highest BCUT2D eigenvalue weighted by molar-refractivity contribution is 8.22. The van der Waals surface area contributed by atoms with E-state index in [4.69, 9.17) is 12.2 Å². The van der Waals surface area contributed by atoms with Gasteiger partial charge in [0.2, 0.25) is 0 Å². The van der Waals surface area contributed by atoms with Crippen LogP contribution in [0.25, 0.3) is 0 Å². The Morgan fingerprint density at radius 2 is 2.17 bits per heavy atom. The SMILES string of the molecule is CSC(=S)NN=C(C)CC(C)C. The first-order valence-corrected chi connectivity index (χ1v) is 5.56. The number of thioether (sulfide) groups is 1. The van der Waals surface area contributed by atoms with E-state index in [1.54, 1.807) is 0 Å². The van der Waals surface area contributed by atoms with Crippen molar-refractivity contribution in [1.29, 1.82) is 0 Å².